The fourth-order valence-corrected chi connectivity index (χ4v) is 2.09. The van der Waals surface area contributed by atoms with E-state index in [2.05, 4.69) is 6.92 Å². The number of rotatable bonds is 5. The van der Waals surface area contributed by atoms with Gasteiger partial charge in [-0.1, -0.05) is 19.8 Å². The lowest BCUT2D eigenvalue weighted by molar-refractivity contribution is -0.123. The Hall–Kier alpha value is -0.610. The molecule has 16 heavy (non-hydrogen) atoms. The molecule has 0 aliphatic heterocycles. The van der Waals surface area contributed by atoms with Gasteiger partial charge < -0.3 is 16.2 Å². The molecule has 3 atom stereocenters. The molecule has 1 amide bonds. The average Bonchev–Trinajstić information content (AvgIpc) is 2.17. The van der Waals surface area contributed by atoms with Gasteiger partial charge in [0.1, 0.15) is 0 Å². The summed E-state index contributed by atoms with van der Waals surface area (Å²) in [6.45, 7) is 4.43. The van der Waals surface area contributed by atoms with E-state index >= 15 is 0 Å². The molecule has 0 aromatic carbocycles. The van der Waals surface area contributed by atoms with Crippen molar-refractivity contribution in [2.45, 2.75) is 57.6 Å². The fourth-order valence-electron chi connectivity index (χ4n) is 2.09. The summed E-state index contributed by atoms with van der Waals surface area (Å²) in [5.74, 6) is 0.285. The van der Waals surface area contributed by atoms with Crippen molar-refractivity contribution in [1.29, 1.82) is 0 Å². The standard InChI is InChI=1S/C12H24N2O2/c1-9-4-3-5-10(8-9)16-7-6-12(2,14)11(13)15/h9-10H,3-8,14H2,1-2H3,(H2,13,15). The molecular weight excluding hydrogens is 204 g/mol. The highest BCUT2D eigenvalue weighted by molar-refractivity contribution is 5.83. The lowest BCUT2D eigenvalue weighted by atomic mass is 9.88. The van der Waals surface area contributed by atoms with Crippen LogP contribution in [0.5, 0.6) is 0 Å². The molecule has 94 valence electrons. The summed E-state index contributed by atoms with van der Waals surface area (Å²) >= 11 is 0. The highest BCUT2D eigenvalue weighted by atomic mass is 16.5. The largest absolute Gasteiger partial charge is 0.378 e. The van der Waals surface area contributed by atoms with Crippen LogP contribution < -0.4 is 11.5 Å². The van der Waals surface area contributed by atoms with E-state index in [1.54, 1.807) is 6.92 Å². The molecule has 1 aliphatic carbocycles. The van der Waals surface area contributed by atoms with Crippen molar-refractivity contribution in [1.82, 2.24) is 0 Å². The third-order valence-electron chi connectivity index (χ3n) is 3.43. The smallest absolute Gasteiger partial charge is 0.237 e. The predicted octanol–water partition coefficient (Wildman–Crippen LogP) is 1.17. The molecule has 0 aromatic rings. The summed E-state index contributed by atoms with van der Waals surface area (Å²) < 4.78 is 5.75. The van der Waals surface area contributed by atoms with Crippen LogP contribution in [0.4, 0.5) is 0 Å². The van der Waals surface area contributed by atoms with Gasteiger partial charge in [0.05, 0.1) is 11.6 Å². The minimum absolute atomic E-state index is 0.340. The highest BCUT2D eigenvalue weighted by Gasteiger charge is 2.26. The summed E-state index contributed by atoms with van der Waals surface area (Å²) in [5, 5.41) is 0. The van der Waals surface area contributed by atoms with Crippen LogP contribution >= 0.6 is 0 Å². The topological polar surface area (TPSA) is 78.3 Å². The SMILES string of the molecule is CC1CCCC(OCCC(C)(N)C(N)=O)C1. The van der Waals surface area contributed by atoms with E-state index in [0.717, 1.165) is 18.8 Å². The molecule has 4 N–H and O–H groups in total. The first-order chi connectivity index (χ1) is 7.42. The quantitative estimate of drug-likeness (QED) is 0.741. The molecule has 4 nitrogen and oxygen atoms in total. The van der Waals surface area contributed by atoms with Gasteiger partial charge in [0.2, 0.25) is 5.91 Å². The molecule has 0 bridgehead atoms. The summed E-state index contributed by atoms with van der Waals surface area (Å²) in [5.41, 5.74) is 10.00. The zero-order valence-corrected chi connectivity index (χ0v) is 10.4. The van der Waals surface area contributed by atoms with Gasteiger partial charge in [-0.25, -0.2) is 0 Å². The molecular formula is C12H24N2O2. The Morgan fingerprint density at radius 2 is 2.19 bits per heavy atom. The fraction of sp³-hybridized carbons (Fsp3) is 0.917. The van der Waals surface area contributed by atoms with Crippen LogP contribution in [0.3, 0.4) is 0 Å². The maximum atomic E-state index is 11.0. The number of carbonyl (C=O) groups excluding carboxylic acids is 1. The monoisotopic (exact) mass is 228 g/mol. The van der Waals surface area contributed by atoms with E-state index in [1.165, 1.54) is 12.8 Å². The number of hydrogen-bond acceptors (Lipinski definition) is 3. The van der Waals surface area contributed by atoms with Crippen LogP contribution in [0.25, 0.3) is 0 Å². The average molecular weight is 228 g/mol. The summed E-state index contributed by atoms with van der Waals surface area (Å²) in [7, 11) is 0. The molecule has 3 unspecified atom stereocenters. The van der Waals surface area contributed by atoms with Crippen molar-refractivity contribution in [3.8, 4) is 0 Å². The van der Waals surface area contributed by atoms with Gasteiger partial charge in [-0.2, -0.15) is 0 Å². The number of carbonyl (C=O) groups is 1. The van der Waals surface area contributed by atoms with Gasteiger partial charge in [0.15, 0.2) is 0 Å². The molecule has 1 rings (SSSR count). The molecule has 0 spiro atoms. The number of nitrogens with two attached hydrogens (primary N) is 2. The first-order valence-corrected chi connectivity index (χ1v) is 6.12. The number of primary amides is 1. The van der Waals surface area contributed by atoms with Crippen LogP contribution in [0, 0.1) is 5.92 Å². The number of amides is 1. The summed E-state index contributed by atoms with van der Waals surface area (Å²) in [6, 6.07) is 0. The van der Waals surface area contributed by atoms with Crippen molar-refractivity contribution in [3.63, 3.8) is 0 Å². The molecule has 1 aliphatic rings. The Morgan fingerprint density at radius 3 is 2.75 bits per heavy atom. The normalized spacial score (nSPS) is 29.7. The minimum atomic E-state index is -0.944. The molecule has 1 saturated carbocycles. The third-order valence-corrected chi connectivity index (χ3v) is 3.43. The highest BCUT2D eigenvalue weighted by Crippen LogP contribution is 2.25. The molecule has 1 fully saturated rings. The lowest BCUT2D eigenvalue weighted by Crippen LogP contribution is -2.50. The van der Waals surface area contributed by atoms with Crippen molar-refractivity contribution >= 4 is 5.91 Å². The lowest BCUT2D eigenvalue weighted by Gasteiger charge is -2.28. The Kier molecular flexibility index (Phi) is 4.74. The van der Waals surface area contributed by atoms with Gasteiger partial charge in [0.25, 0.3) is 0 Å². The van der Waals surface area contributed by atoms with E-state index in [0.29, 0.717) is 19.1 Å². The van der Waals surface area contributed by atoms with Crippen molar-refractivity contribution < 1.29 is 9.53 Å². The van der Waals surface area contributed by atoms with E-state index in [4.69, 9.17) is 16.2 Å². The van der Waals surface area contributed by atoms with Crippen LogP contribution in [0.2, 0.25) is 0 Å². The third kappa shape index (κ3) is 4.10. The minimum Gasteiger partial charge on any atom is -0.378 e. The van der Waals surface area contributed by atoms with Crippen molar-refractivity contribution in [2.24, 2.45) is 17.4 Å². The van der Waals surface area contributed by atoms with Gasteiger partial charge in [-0.3, -0.25) is 4.79 Å². The van der Waals surface area contributed by atoms with Crippen LogP contribution in [0.1, 0.15) is 46.0 Å². The maximum absolute atomic E-state index is 11.0. The van der Waals surface area contributed by atoms with Crippen LogP contribution in [-0.2, 0) is 9.53 Å². The van der Waals surface area contributed by atoms with Gasteiger partial charge in [-0.05, 0) is 32.1 Å². The Balaban J connectivity index is 2.22. The Bertz CT molecular complexity index is 241. The van der Waals surface area contributed by atoms with E-state index in [9.17, 15) is 4.79 Å². The second kappa shape index (κ2) is 5.64. The zero-order chi connectivity index (χ0) is 12.2. The van der Waals surface area contributed by atoms with Gasteiger partial charge in [0, 0.05) is 6.61 Å². The maximum Gasteiger partial charge on any atom is 0.237 e. The molecule has 0 saturated heterocycles. The van der Waals surface area contributed by atoms with E-state index < -0.39 is 11.4 Å². The first-order valence-electron chi connectivity index (χ1n) is 6.12. The zero-order valence-electron chi connectivity index (χ0n) is 10.4. The number of ether oxygens (including phenoxy) is 1. The Morgan fingerprint density at radius 1 is 1.50 bits per heavy atom. The first kappa shape index (κ1) is 13.5. The molecule has 4 heteroatoms. The summed E-state index contributed by atoms with van der Waals surface area (Å²) in [4.78, 5) is 11.0. The summed E-state index contributed by atoms with van der Waals surface area (Å²) in [6.07, 6.45) is 5.62. The molecule has 0 heterocycles. The van der Waals surface area contributed by atoms with Gasteiger partial charge >= 0.3 is 0 Å². The van der Waals surface area contributed by atoms with E-state index in [1.807, 2.05) is 0 Å². The second-order valence-corrected chi connectivity index (χ2v) is 5.30. The van der Waals surface area contributed by atoms with Gasteiger partial charge in [-0.15, -0.1) is 0 Å². The Labute approximate surface area is 97.7 Å². The van der Waals surface area contributed by atoms with Crippen LogP contribution in [0.15, 0.2) is 0 Å². The van der Waals surface area contributed by atoms with Crippen molar-refractivity contribution in [3.05, 3.63) is 0 Å². The predicted molar refractivity (Wildman–Crippen MR) is 63.8 cm³/mol. The van der Waals surface area contributed by atoms with Crippen LogP contribution in [-0.4, -0.2) is 24.2 Å². The molecule has 0 aromatic heterocycles. The molecule has 0 radical (unpaired) electrons. The van der Waals surface area contributed by atoms with Crippen molar-refractivity contribution in [2.75, 3.05) is 6.61 Å². The number of hydrogen-bond donors (Lipinski definition) is 2. The second-order valence-electron chi connectivity index (χ2n) is 5.30. The van der Waals surface area contributed by atoms with E-state index in [-0.39, 0.29) is 0 Å².